The van der Waals surface area contributed by atoms with Gasteiger partial charge in [-0.15, -0.1) is 0 Å². The van der Waals surface area contributed by atoms with Crippen molar-refractivity contribution in [3.63, 3.8) is 0 Å². The largest absolute Gasteiger partial charge is 0.469 e. The molecule has 0 aromatic heterocycles. The maximum absolute atomic E-state index is 11.1. The van der Waals surface area contributed by atoms with Crippen LogP contribution in [0.5, 0.6) is 0 Å². The first-order chi connectivity index (χ1) is 8.19. The van der Waals surface area contributed by atoms with E-state index in [0.29, 0.717) is 6.42 Å². The van der Waals surface area contributed by atoms with E-state index in [1.54, 1.807) is 0 Å². The highest BCUT2D eigenvalue weighted by molar-refractivity contribution is 9.10. The zero-order valence-electron chi connectivity index (χ0n) is 9.35. The molecule has 0 saturated heterocycles. The second-order valence-corrected chi connectivity index (χ2v) is 4.68. The molecule has 0 saturated carbocycles. The first kappa shape index (κ1) is 12.1. The third-order valence-electron chi connectivity index (χ3n) is 2.51. The van der Waals surface area contributed by atoms with Crippen molar-refractivity contribution in [3.05, 3.63) is 34.3 Å². The monoisotopic (exact) mass is 297 g/mol. The second-order valence-electron chi connectivity index (χ2n) is 3.76. The van der Waals surface area contributed by atoms with E-state index >= 15 is 0 Å². The minimum Gasteiger partial charge on any atom is -0.469 e. The Morgan fingerprint density at radius 1 is 1.65 bits per heavy atom. The molecule has 1 aromatic rings. The number of methoxy groups -OCH3 is 1. The molecule has 90 valence electrons. The molecule has 1 aliphatic heterocycles. The number of nitrogens with zero attached hydrogens (tertiary/aromatic N) is 1. The number of oxime groups is 1. The molecule has 0 bridgehead atoms. The summed E-state index contributed by atoms with van der Waals surface area (Å²) >= 11 is 3.41. The lowest BCUT2D eigenvalue weighted by molar-refractivity contribution is -0.143. The van der Waals surface area contributed by atoms with Gasteiger partial charge in [0, 0.05) is 16.5 Å². The highest BCUT2D eigenvalue weighted by Crippen LogP contribution is 2.21. The summed E-state index contributed by atoms with van der Waals surface area (Å²) in [7, 11) is 1.37. The van der Waals surface area contributed by atoms with Gasteiger partial charge in [0.25, 0.3) is 0 Å². The molecule has 1 aromatic carbocycles. The van der Waals surface area contributed by atoms with Crippen molar-refractivity contribution in [2.45, 2.75) is 18.9 Å². The quantitative estimate of drug-likeness (QED) is 0.806. The fourth-order valence-electron chi connectivity index (χ4n) is 1.65. The highest BCUT2D eigenvalue weighted by Gasteiger charge is 2.25. The number of hydrogen-bond acceptors (Lipinski definition) is 4. The van der Waals surface area contributed by atoms with Crippen molar-refractivity contribution in [1.29, 1.82) is 0 Å². The van der Waals surface area contributed by atoms with E-state index in [1.807, 2.05) is 24.3 Å². The zero-order valence-corrected chi connectivity index (χ0v) is 10.9. The summed E-state index contributed by atoms with van der Waals surface area (Å²) in [5.41, 5.74) is 1.87. The summed E-state index contributed by atoms with van der Waals surface area (Å²) in [5, 5.41) is 4.00. The van der Waals surface area contributed by atoms with Crippen LogP contribution in [-0.2, 0) is 14.4 Å². The standard InChI is InChI=1S/C12H12BrNO3/c1-16-12(15)7-10-6-11(14-17-10)8-3-2-4-9(13)5-8/h2-5,10H,6-7H2,1H3. The molecular formula is C12H12BrNO3. The first-order valence-electron chi connectivity index (χ1n) is 5.24. The van der Waals surface area contributed by atoms with Crippen LogP contribution < -0.4 is 0 Å². The van der Waals surface area contributed by atoms with E-state index < -0.39 is 0 Å². The van der Waals surface area contributed by atoms with E-state index in [-0.39, 0.29) is 18.5 Å². The van der Waals surface area contributed by atoms with E-state index in [2.05, 4.69) is 25.8 Å². The number of hydrogen-bond donors (Lipinski definition) is 0. The lowest BCUT2D eigenvalue weighted by Gasteiger charge is -2.05. The Morgan fingerprint density at radius 2 is 2.47 bits per heavy atom. The Morgan fingerprint density at radius 3 is 3.18 bits per heavy atom. The third-order valence-corrected chi connectivity index (χ3v) is 3.01. The van der Waals surface area contributed by atoms with Crippen LogP contribution in [0.3, 0.4) is 0 Å². The number of benzene rings is 1. The average Bonchev–Trinajstić information content (AvgIpc) is 2.77. The van der Waals surface area contributed by atoms with Crippen molar-refractivity contribution in [2.24, 2.45) is 5.16 Å². The topological polar surface area (TPSA) is 47.9 Å². The van der Waals surface area contributed by atoms with Gasteiger partial charge in [-0.1, -0.05) is 33.2 Å². The van der Waals surface area contributed by atoms with Gasteiger partial charge in [0.2, 0.25) is 0 Å². The van der Waals surface area contributed by atoms with Gasteiger partial charge in [-0.3, -0.25) is 4.79 Å². The predicted molar refractivity (Wildman–Crippen MR) is 66.8 cm³/mol. The first-order valence-corrected chi connectivity index (χ1v) is 6.04. The van der Waals surface area contributed by atoms with Crippen LogP contribution in [-0.4, -0.2) is 24.9 Å². The second kappa shape index (κ2) is 5.31. The summed E-state index contributed by atoms with van der Waals surface area (Å²) in [6, 6.07) is 7.83. The Hall–Kier alpha value is -1.36. The van der Waals surface area contributed by atoms with Gasteiger partial charge >= 0.3 is 5.97 Å². The van der Waals surface area contributed by atoms with Crippen LogP contribution in [0.25, 0.3) is 0 Å². The molecule has 0 fully saturated rings. The fourth-order valence-corrected chi connectivity index (χ4v) is 2.04. The van der Waals surface area contributed by atoms with Crippen molar-refractivity contribution in [3.8, 4) is 0 Å². The number of halogens is 1. The smallest absolute Gasteiger partial charge is 0.309 e. The lowest BCUT2D eigenvalue weighted by atomic mass is 10.0. The number of carbonyl (C=O) groups is 1. The summed E-state index contributed by atoms with van der Waals surface area (Å²) in [5.74, 6) is -0.277. The Labute approximate surface area is 108 Å². The molecule has 0 amide bonds. The highest BCUT2D eigenvalue weighted by atomic mass is 79.9. The summed E-state index contributed by atoms with van der Waals surface area (Å²) in [4.78, 5) is 16.3. The van der Waals surface area contributed by atoms with Crippen LogP contribution >= 0.6 is 15.9 Å². The molecule has 0 aliphatic carbocycles. The van der Waals surface area contributed by atoms with Crippen LogP contribution in [0.2, 0.25) is 0 Å². The number of rotatable bonds is 3. The Bertz CT molecular complexity index is 459. The molecule has 17 heavy (non-hydrogen) atoms. The Balaban J connectivity index is 2.00. The van der Waals surface area contributed by atoms with Crippen molar-refractivity contribution in [1.82, 2.24) is 0 Å². The molecule has 2 rings (SSSR count). The van der Waals surface area contributed by atoms with Crippen LogP contribution in [0.15, 0.2) is 33.9 Å². The van der Waals surface area contributed by atoms with E-state index in [4.69, 9.17) is 4.84 Å². The molecule has 1 heterocycles. The van der Waals surface area contributed by atoms with Crippen molar-refractivity contribution >= 4 is 27.6 Å². The summed E-state index contributed by atoms with van der Waals surface area (Å²) < 4.78 is 5.59. The molecule has 4 nitrogen and oxygen atoms in total. The molecule has 1 aliphatic rings. The predicted octanol–water partition coefficient (Wildman–Crippen LogP) is 2.51. The summed E-state index contributed by atoms with van der Waals surface area (Å²) in [6.45, 7) is 0. The van der Waals surface area contributed by atoms with Crippen molar-refractivity contribution < 1.29 is 14.4 Å². The number of ether oxygens (including phenoxy) is 1. The molecular weight excluding hydrogens is 286 g/mol. The van der Waals surface area contributed by atoms with Gasteiger partial charge in [-0.05, 0) is 12.1 Å². The summed E-state index contributed by atoms with van der Waals surface area (Å²) in [6.07, 6.45) is 0.653. The van der Waals surface area contributed by atoms with Gasteiger partial charge in [-0.2, -0.15) is 0 Å². The maximum Gasteiger partial charge on any atom is 0.309 e. The van der Waals surface area contributed by atoms with Gasteiger partial charge in [-0.25, -0.2) is 0 Å². The van der Waals surface area contributed by atoms with Crippen LogP contribution in [0.4, 0.5) is 0 Å². The van der Waals surface area contributed by atoms with Crippen LogP contribution in [0.1, 0.15) is 18.4 Å². The van der Waals surface area contributed by atoms with Gasteiger partial charge in [0.1, 0.15) is 6.10 Å². The van der Waals surface area contributed by atoms with E-state index in [1.165, 1.54) is 7.11 Å². The van der Waals surface area contributed by atoms with E-state index in [9.17, 15) is 4.79 Å². The van der Waals surface area contributed by atoms with Crippen molar-refractivity contribution in [2.75, 3.05) is 7.11 Å². The molecule has 0 spiro atoms. The van der Waals surface area contributed by atoms with Gasteiger partial charge in [0.05, 0.1) is 19.2 Å². The molecule has 5 heteroatoms. The number of esters is 1. The average molecular weight is 298 g/mol. The normalized spacial score (nSPS) is 18.5. The SMILES string of the molecule is COC(=O)CC1CC(c2cccc(Br)c2)=NO1. The lowest BCUT2D eigenvalue weighted by Crippen LogP contribution is -2.15. The minimum absolute atomic E-state index is 0.212. The zero-order chi connectivity index (χ0) is 12.3. The van der Waals surface area contributed by atoms with Crippen LogP contribution in [0, 0.1) is 0 Å². The molecule has 0 radical (unpaired) electrons. The maximum atomic E-state index is 11.1. The van der Waals surface area contributed by atoms with Gasteiger partial charge < -0.3 is 9.57 Å². The fraction of sp³-hybridized carbons (Fsp3) is 0.333. The molecule has 1 atom stereocenters. The molecule has 1 unspecified atom stereocenters. The minimum atomic E-state index is -0.277. The Kier molecular flexibility index (Phi) is 3.78. The molecule has 0 N–H and O–H groups in total. The number of carbonyl (C=O) groups excluding carboxylic acids is 1. The van der Waals surface area contributed by atoms with E-state index in [0.717, 1.165) is 15.7 Å². The third kappa shape index (κ3) is 3.06. The van der Waals surface area contributed by atoms with Gasteiger partial charge in [0.15, 0.2) is 0 Å².